The van der Waals surface area contributed by atoms with Gasteiger partial charge in [0.25, 0.3) is 5.91 Å². The van der Waals surface area contributed by atoms with E-state index in [1.54, 1.807) is 17.2 Å². The summed E-state index contributed by atoms with van der Waals surface area (Å²) in [7, 11) is 0. The molecule has 0 bridgehead atoms. The third kappa shape index (κ3) is 2.43. The van der Waals surface area contributed by atoms with Crippen molar-refractivity contribution in [3.8, 4) is 5.69 Å². The van der Waals surface area contributed by atoms with Crippen LogP contribution in [0, 0.1) is 6.92 Å². The second-order valence-electron chi connectivity index (χ2n) is 4.05. The Morgan fingerprint density at radius 3 is 2.90 bits per heavy atom. The zero-order valence-corrected chi connectivity index (χ0v) is 11.5. The van der Waals surface area contributed by atoms with Crippen molar-refractivity contribution in [3.05, 3.63) is 53.0 Å². The first kappa shape index (κ1) is 12.5. The lowest BCUT2D eigenvalue weighted by Crippen LogP contribution is -2.12. The van der Waals surface area contributed by atoms with Crippen LogP contribution >= 0.6 is 11.3 Å². The van der Waals surface area contributed by atoms with E-state index >= 15 is 0 Å². The molecule has 0 unspecified atom stereocenters. The van der Waals surface area contributed by atoms with Crippen molar-refractivity contribution in [2.45, 2.75) is 6.92 Å². The SMILES string of the molecule is Cc1ncc(C(=O)Nc2ccccc2-n2cncn2)s1. The Morgan fingerprint density at radius 1 is 1.35 bits per heavy atom. The zero-order valence-electron chi connectivity index (χ0n) is 10.6. The van der Waals surface area contributed by atoms with Gasteiger partial charge >= 0.3 is 0 Å². The summed E-state index contributed by atoms with van der Waals surface area (Å²) in [6, 6.07) is 7.42. The molecule has 1 amide bonds. The first-order chi connectivity index (χ1) is 9.74. The Morgan fingerprint density at radius 2 is 2.20 bits per heavy atom. The lowest BCUT2D eigenvalue weighted by Gasteiger charge is -2.09. The quantitative estimate of drug-likeness (QED) is 0.801. The molecule has 0 atom stereocenters. The van der Waals surface area contributed by atoms with Crippen LogP contribution < -0.4 is 5.32 Å². The molecule has 2 heterocycles. The molecule has 100 valence electrons. The van der Waals surface area contributed by atoms with Gasteiger partial charge in [-0.3, -0.25) is 4.79 Å². The number of aromatic nitrogens is 4. The molecule has 1 N–H and O–H groups in total. The van der Waals surface area contributed by atoms with Crippen molar-refractivity contribution in [3.63, 3.8) is 0 Å². The fourth-order valence-electron chi connectivity index (χ4n) is 1.76. The maximum absolute atomic E-state index is 12.2. The highest BCUT2D eigenvalue weighted by Crippen LogP contribution is 2.20. The van der Waals surface area contributed by atoms with Gasteiger partial charge in [-0.15, -0.1) is 11.3 Å². The van der Waals surface area contributed by atoms with Gasteiger partial charge in [0, 0.05) is 0 Å². The standard InChI is InChI=1S/C13H11N5OS/c1-9-15-6-12(20-9)13(19)17-10-4-2-3-5-11(10)18-8-14-7-16-18/h2-8H,1H3,(H,17,19). The average molecular weight is 285 g/mol. The van der Waals surface area contributed by atoms with Crippen molar-refractivity contribution >= 4 is 22.9 Å². The number of carbonyl (C=O) groups excluding carboxylic acids is 1. The number of benzene rings is 1. The average Bonchev–Trinajstić information content (AvgIpc) is 3.10. The molecule has 6 nitrogen and oxygen atoms in total. The third-order valence-electron chi connectivity index (χ3n) is 2.66. The van der Waals surface area contributed by atoms with Gasteiger partial charge in [-0.2, -0.15) is 5.10 Å². The number of para-hydroxylation sites is 2. The lowest BCUT2D eigenvalue weighted by atomic mass is 10.2. The van der Waals surface area contributed by atoms with E-state index in [-0.39, 0.29) is 5.91 Å². The number of thiazole rings is 1. The largest absolute Gasteiger partial charge is 0.319 e. The number of nitrogens with zero attached hydrogens (tertiary/aromatic N) is 4. The van der Waals surface area contributed by atoms with Crippen molar-refractivity contribution in [2.24, 2.45) is 0 Å². The molecule has 0 aliphatic heterocycles. The molecule has 3 aromatic rings. The van der Waals surface area contributed by atoms with E-state index in [2.05, 4.69) is 20.4 Å². The lowest BCUT2D eigenvalue weighted by molar-refractivity contribution is 0.103. The van der Waals surface area contributed by atoms with Gasteiger partial charge < -0.3 is 5.32 Å². The normalized spacial score (nSPS) is 10.4. The van der Waals surface area contributed by atoms with Crippen LogP contribution in [-0.4, -0.2) is 25.7 Å². The highest BCUT2D eigenvalue weighted by molar-refractivity contribution is 7.13. The Bertz CT molecular complexity index is 735. The number of hydrogen-bond donors (Lipinski definition) is 1. The van der Waals surface area contributed by atoms with Crippen LogP contribution in [0.2, 0.25) is 0 Å². The first-order valence-electron chi connectivity index (χ1n) is 5.92. The van der Waals surface area contributed by atoms with Crippen LogP contribution in [-0.2, 0) is 0 Å². The molecule has 0 saturated heterocycles. The Labute approximate surface area is 119 Å². The highest BCUT2D eigenvalue weighted by atomic mass is 32.1. The monoisotopic (exact) mass is 285 g/mol. The van der Waals surface area contributed by atoms with Crippen LogP contribution in [0.15, 0.2) is 43.1 Å². The third-order valence-corrected chi connectivity index (χ3v) is 3.57. The summed E-state index contributed by atoms with van der Waals surface area (Å²) in [5.41, 5.74) is 1.44. The summed E-state index contributed by atoms with van der Waals surface area (Å²) < 4.78 is 1.60. The van der Waals surface area contributed by atoms with Crippen LogP contribution in [0.4, 0.5) is 5.69 Å². The number of rotatable bonds is 3. The maximum atomic E-state index is 12.2. The summed E-state index contributed by atoms with van der Waals surface area (Å²) in [6.45, 7) is 1.87. The molecule has 2 aromatic heterocycles. The van der Waals surface area contributed by atoms with E-state index in [1.165, 1.54) is 17.7 Å². The second-order valence-corrected chi connectivity index (χ2v) is 5.29. The minimum absolute atomic E-state index is 0.178. The molecule has 3 rings (SSSR count). The molecule has 1 aromatic carbocycles. The van der Waals surface area contributed by atoms with E-state index in [4.69, 9.17) is 0 Å². The molecular formula is C13H11N5OS. The number of hydrogen-bond acceptors (Lipinski definition) is 5. The second kappa shape index (κ2) is 5.22. The smallest absolute Gasteiger partial charge is 0.267 e. The van der Waals surface area contributed by atoms with E-state index in [1.807, 2.05) is 31.2 Å². The molecule has 20 heavy (non-hydrogen) atoms. The summed E-state index contributed by atoms with van der Waals surface area (Å²) in [4.78, 5) is 20.7. The van der Waals surface area contributed by atoms with E-state index in [0.29, 0.717) is 10.6 Å². The number of anilines is 1. The fourth-order valence-corrected chi connectivity index (χ4v) is 2.43. The predicted octanol–water partition coefficient (Wildman–Crippen LogP) is 2.28. The van der Waals surface area contributed by atoms with Crippen LogP contribution in [0.3, 0.4) is 0 Å². The van der Waals surface area contributed by atoms with Crippen LogP contribution in [0.25, 0.3) is 5.69 Å². The van der Waals surface area contributed by atoms with Gasteiger partial charge in [0.1, 0.15) is 17.5 Å². The van der Waals surface area contributed by atoms with Gasteiger partial charge in [-0.1, -0.05) is 12.1 Å². The zero-order chi connectivity index (χ0) is 13.9. The Kier molecular flexibility index (Phi) is 3.26. The number of nitrogens with one attached hydrogen (secondary N) is 1. The number of carbonyl (C=O) groups is 1. The van der Waals surface area contributed by atoms with Gasteiger partial charge in [-0.05, 0) is 19.1 Å². The van der Waals surface area contributed by atoms with Gasteiger partial charge in [0.05, 0.1) is 22.6 Å². The van der Waals surface area contributed by atoms with Crippen LogP contribution in [0.5, 0.6) is 0 Å². The molecule has 0 spiro atoms. The highest BCUT2D eigenvalue weighted by Gasteiger charge is 2.12. The predicted molar refractivity (Wildman–Crippen MR) is 76.2 cm³/mol. The molecule has 7 heteroatoms. The first-order valence-corrected chi connectivity index (χ1v) is 6.73. The summed E-state index contributed by atoms with van der Waals surface area (Å²) >= 11 is 1.36. The van der Waals surface area contributed by atoms with E-state index < -0.39 is 0 Å². The van der Waals surface area contributed by atoms with E-state index in [0.717, 1.165) is 10.7 Å². The Hall–Kier alpha value is -2.54. The molecule has 0 aliphatic carbocycles. The van der Waals surface area contributed by atoms with Crippen molar-refractivity contribution in [1.29, 1.82) is 0 Å². The molecule has 0 aliphatic rings. The Balaban J connectivity index is 1.90. The summed E-state index contributed by atoms with van der Waals surface area (Å²) in [5, 5.41) is 7.81. The van der Waals surface area contributed by atoms with Crippen molar-refractivity contribution in [1.82, 2.24) is 19.7 Å². The van der Waals surface area contributed by atoms with Crippen LogP contribution in [0.1, 0.15) is 14.7 Å². The van der Waals surface area contributed by atoms with Gasteiger partial charge in [0.15, 0.2) is 0 Å². The molecule has 0 saturated carbocycles. The van der Waals surface area contributed by atoms with Crippen molar-refractivity contribution in [2.75, 3.05) is 5.32 Å². The van der Waals surface area contributed by atoms with Crippen molar-refractivity contribution < 1.29 is 4.79 Å². The van der Waals surface area contributed by atoms with Gasteiger partial charge in [0.2, 0.25) is 0 Å². The minimum atomic E-state index is -0.178. The van der Waals surface area contributed by atoms with Gasteiger partial charge in [-0.25, -0.2) is 14.6 Å². The molecule has 0 fully saturated rings. The topological polar surface area (TPSA) is 72.7 Å². The minimum Gasteiger partial charge on any atom is -0.319 e. The van der Waals surface area contributed by atoms with E-state index in [9.17, 15) is 4.79 Å². The number of amides is 1. The molecule has 0 radical (unpaired) electrons. The maximum Gasteiger partial charge on any atom is 0.267 e. The molecular weight excluding hydrogens is 274 g/mol. The summed E-state index contributed by atoms with van der Waals surface area (Å²) in [6.07, 6.45) is 4.61. The summed E-state index contributed by atoms with van der Waals surface area (Å²) in [5.74, 6) is -0.178. The fraction of sp³-hybridized carbons (Fsp3) is 0.0769. The number of aryl methyl sites for hydroxylation is 1.